The van der Waals surface area contributed by atoms with E-state index in [1.54, 1.807) is 0 Å². The molecule has 0 saturated heterocycles. The van der Waals surface area contributed by atoms with Gasteiger partial charge in [0, 0.05) is 5.56 Å². The van der Waals surface area contributed by atoms with E-state index in [4.69, 9.17) is 9.47 Å². The zero-order valence-corrected chi connectivity index (χ0v) is 11.0. The first-order chi connectivity index (χ1) is 9.76. The highest BCUT2D eigenvalue weighted by atomic mass is 16.5. The number of rotatable bonds is 3. The van der Waals surface area contributed by atoms with Crippen LogP contribution in [0.3, 0.4) is 0 Å². The molecule has 0 bridgehead atoms. The summed E-state index contributed by atoms with van der Waals surface area (Å²) in [5.41, 5.74) is 1.64. The van der Waals surface area contributed by atoms with E-state index >= 15 is 0 Å². The summed E-state index contributed by atoms with van der Waals surface area (Å²) in [4.78, 5) is 4.05. The van der Waals surface area contributed by atoms with Gasteiger partial charge in [-0.2, -0.15) is 15.5 Å². The molecule has 0 radical (unpaired) electrons. The monoisotopic (exact) mass is 265 g/mol. The third-order valence-electron chi connectivity index (χ3n) is 2.80. The standard InChI is InChI=1S/C15H11N3O2/c1-19-14-11(8-16)13(10-6-4-3-5-7-10)12(9-17)15(18-14)20-2/h3-7H,1-2H3. The molecule has 0 fully saturated rings. The van der Waals surface area contributed by atoms with Gasteiger partial charge in [-0.25, -0.2) is 0 Å². The second-order valence-electron chi connectivity index (χ2n) is 3.84. The molecular weight excluding hydrogens is 254 g/mol. The predicted octanol–water partition coefficient (Wildman–Crippen LogP) is 2.51. The largest absolute Gasteiger partial charge is 0.480 e. The van der Waals surface area contributed by atoms with Gasteiger partial charge < -0.3 is 9.47 Å². The van der Waals surface area contributed by atoms with Crippen molar-refractivity contribution < 1.29 is 9.47 Å². The Balaban J connectivity index is 2.89. The summed E-state index contributed by atoms with van der Waals surface area (Å²) in [7, 11) is 2.84. The summed E-state index contributed by atoms with van der Waals surface area (Å²) in [5, 5.41) is 18.7. The molecule has 0 atom stereocenters. The van der Waals surface area contributed by atoms with Gasteiger partial charge in [-0.1, -0.05) is 30.3 Å². The molecule has 5 heteroatoms. The minimum absolute atomic E-state index is 0.141. The first-order valence-corrected chi connectivity index (χ1v) is 5.78. The number of nitrogens with zero attached hydrogens (tertiary/aromatic N) is 3. The van der Waals surface area contributed by atoms with E-state index in [0.29, 0.717) is 5.56 Å². The van der Waals surface area contributed by atoms with Crippen molar-refractivity contribution in [3.8, 4) is 35.0 Å². The first-order valence-electron chi connectivity index (χ1n) is 5.78. The second-order valence-corrected chi connectivity index (χ2v) is 3.84. The zero-order valence-electron chi connectivity index (χ0n) is 11.0. The van der Waals surface area contributed by atoms with Gasteiger partial charge in [-0.05, 0) is 5.56 Å². The first kappa shape index (κ1) is 13.4. The maximum absolute atomic E-state index is 9.36. The molecule has 0 N–H and O–H groups in total. The summed E-state index contributed by atoms with van der Waals surface area (Å²) in [6.07, 6.45) is 0. The summed E-state index contributed by atoms with van der Waals surface area (Å²) >= 11 is 0. The van der Waals surface area contributed by atoms with Gasteiger partial charge in [0.25, 0.3) is 0 Å². The lowest BCUT2D eigenvalue weighted by Crippen LogP contribution is -2.02. The maximum Gasteiger partial charge on any atom is 0.235 e. The van der Waals surface area contributed by atoms with Crippen LogP contribution in [-0.4, -0.2) is 19.2 Å². The molecule has 0 saturated carbocycles. The van der Waals surface area contributed by atoms with Gasteiger partial charge in [0.05, 0.1) is 14.2 Å². The van der Waals surface area contributed by atoms with Crippen molar-refractivity contribution >= 4 is 0 Å². The Bertz CT molecular complexity index is 672. The van der Waals surface area contributed by atoms with Crippen molar-refractivity contribution in [2.24, 2.45) is 0 Å². The molecule has 0 aliphatic heterocycles. The molecule has 2 rings (SSSR count). The minimum atomic E-state index is 0.141. The summed E-state index contributed by atoms with van der Waals surface area (Å²) < 4.78 is 10.2. The van der Waals surface area contributed by atoms with E-state index in [1.807, 2.05) is 42.5 Å². The smallest absolute Gasteiger partial charge is 0.235 e. The number of benzene rings is 1. The second kappa shape index (κ2) is 5.73. The van der Waals surface area contributed by atoms with Crippen LogP contribution < -0.4 is 9.47 Å². The number of hydrogen-bond donors (Lipinski definition) is 0. The number of pyridine rings is 1. The molecule has 1 aromatic heterocycles. The number of aromatic nitrogens is 1. The minimum Gasteiger partial charge on any atom is -0.480 e. The summed E-state index contributed by atoms with van der Waals surface area (Å²) in [6, 6.07) is 13.2. The van der Waals surface area contributed by atoms with Crippen molar-refractivity contribution in [2.75, 3.05) is 14.2 Å². The molecule has 20 heavy (non-hydrogen) atoms. The maximum atomic E-state index is 9.36. The topological polar surface area (TPSA) is 78.9 Å². The fraction of sp³-hybridized carbons (Fsp3) is 0.133. The SMILES string of the molecule is COc1nc(OC)c(C#N)c(-c2ccccc2)c1C#N. The Morgan fingerprint density at radius 2 is 1.40 bits per heavy atom. The van der Waals surface area contributed by atoms with Gasteiger partial charge in [-0.3, -0.25) is 0 Å². The molecule has 0 spiro atoms. The van der Waals surface area contributed by atoms with Gasteiger partial charge in [0.2, 0.25) is 11.8 Å². The quantitative estimate of drug-likeness (QED) is 0.851. The van der Waals surface area contributed by atoms with Crippen molar-refractivity contribution in [2.45, 2.75) is 0 Å². The summed E-state index contributed by atoms with van der Waals surface area (Å²) in [5.74, 6) is 0.282. The fourth-order valence-electron chi connectivity index (χ4n) is 1.94. The third-order valence-corrected chi connectivity index (χ3v) is 2.80. The number of ether oxygens (including phenoxy) is 2. The molecular formula is C15H11N3O2. The molecule has 5 nitrogen and oxygen atoms in total. The molecule has 0 aliphatic rings. The molecule has 98 valence electrons. The fourth-order valence-corrected chi connectivity index (χ4v) is 1.94. The van der Waals surface area contributed by atoms with Gasteiger partial charge in [0.1, 0.15) is 23.3 Å². The molecule has 1 heterocycles. The lowest BCUT2D eigenvalue weighted by molar-refractivity contribution is 0.363. The average molecular weight is 265 g/mol. The Hall–Kier alpha value is -3.05. The molecule has 0 unspecified atom stereocenters. The van der Waals surface area contributed by atoms with Crippen LogP contribution in [0.25, 0.3) is 11.1 Å². The average Bonchev–Trinajstić information content (AvgIpc) is 2.53. The van der Waals surface area contributed by atoms with Crippen LogP contribution >= 0.6 is 0 Å². The van der Waals surface area contributed by atoms with Gasteiger partial charge in [0.15, 0.2) is 0 Å². The number of methoxy groups -OCH3 is 2. The van der Waals surface area contributed by atoms with E-state index in [-0.39, 0.29) is 22.9 Å². The van der Waals surface area contributed by atoms with Crippen LogP contribution in [0.4, 0.5) is 0 Å². The van der Waals surface area contributed by atoms with Crippen LogP contribution in [0.5, 0.6) is 11.8 Å². The van der Waals surface area contributed by atoms with E-state index in [2.05, 4.69) is 4.98 Å². The van der Waals surface area contributed by atoms with Crippen molar-refractivity contribution in [3.05, 3.63) is 41.5 Å². The van der Waals surface area contributed by atoms with E-state index in [9.17, 15) is 10.5 Å². The van der Waals surface area contributed by atoms with Crippen LogP contribution in [0, 0.1) is 22.7 Å². The van der Waals surface area contributed by atoms with Crippen LogP contribution in [0.15, 0.2) is 30.3 Å². The lowest BCUT2D eigenvalue weighted by Gasteiger charge is -2.13. The Morgan fingerprint density at radius 3 is 1.80 bits per heavy atom. The van der Waals surface area contributed by atoms with Crippen LogP contribution in [0.2, 0.25) is 0 Å². The summed E-state index contributed by atoms with van der Waals surface area (Å²) in [6.45, 7) is 0. The van der Waals surface area contributed by atoms with Gasteiger partial charge in [-0.15, -0.1) is 0 Å². The third kappa shape index (κ3) is 2.13. The zero-order chi connectivity index (χ0) is 14.5. The molecule has 0 aliphatic carbocycles. The van der Waals surface area contributed by atoms with Crippen molar-refractivity contribution in [3.63, 3.8) is 0 Å². The molecule has 0 amide bonds. The lowest BCUT2D eigenvalue weighted by atomic mass is 9.97. The Kier molecular flexibility index (Phi) is 3.83. The number of hydrogen-bond acceptors (Lipinski definition) is 5. The molecule has 1 aromatic carbocycles. The van der Waals surface area contributed by atoms with Crippen LogP contribution in [0.1, 0.15) is 11.1 Å². The Labute approximate surface area is 116 Å². The van der Waals surface area contributed by atoms with E-state index < -0.39 is 0 Å². The van der Waals surface area contributed by atoms with E-state index in [0.717, 1.165) is 5.56 Å². The highest BCUT2D eigenvalue weighted by Gasteiger charge is 2.22. The highest BCUT2D eigenvalue weighted by molar-refractivity contribution is 5.80. The highest BCUT2D eigenvalue weighted by Crippen LogP contribution is 2.36. The van der Waals surface area contributed by atoms with Gasteiger partial charge >= 0.3 is 0 Å². The van der Waals surface area contributed by atoms with E-state index in [1.165, 1.54) is 14.2 Å². The van der Waals surface area contributed by atoms with Crippen molar-refractivity contribution in [1.29, 1.82) is 10.5 Å². The normalized spacial score (nSPS) is 9.40. The van der Waals surface area contributed by atoms with Crippen LogP contribution in [-0.2, 0) is 0 Å². The number of nitriles is 2. The predicted molar refractivity (Wildman–Crippen MR) is 72.2 cm³/mol. The molecule has 2 aromatic rings. The Morgan fingerprint density at radius 1 is 0.900 bits per heavy atom. The van der Waals surface area contributed by atoms with Crippen molar-refractivity contribution in [1.82, 2.24) is 4.98 Å².